The average Bonchev–Trinajstić information content (AvgIpc) is 2.96. The van der Waals surface area contributed by atoms with E-state index in [-0.39, 0.29) is 5.91 Å². The van der Waals surface area contributed by atoms with E-state index in [1.807, 2.05) is 37.4 Å². The number of carbonyl (C=O) groups is 1. The van der Waals surface area contributed by atoms with Gasteiger partial charge in [0.05, 0.1) is 24.6 Å². The highest BCUT2D eigenvalue weighted by atomic mass is 79.9. The minimum Gasteiger partial charge on any atom is -0.493 e. The molecule has 0 saturated heterocycles. The lowest BCUT2D eigenvalue weighted by atomic mass is 10.1. The Morgan fingerprint density at radius 2 is 1.91 bits per heavy atom. The molecule has 0 unspecified atom stereocenters. The van der Waals surface area contributed by atoms with Crippen molar-refractivity contribution in [2.24, 2.45) is 0 Å². The number of ether oxygens (including phenoxy) is 2. The number of nitrogens with zero attached hydrogens (tertiary/aromatic N) is 1. The van der Waals surface area contributed by atoms with Crippen molar-refractivity contribution in [2.45, 2.75) is 19.4 Å². The standard InChI is InChI=1S/C17H20BrNO3S/c1-19(11-13-6-8-16(18)23-13)17(20)9-5-12-4-7-14(21-2)15(10-12)22-3/h4,6-8,10H,5,9,11H2,1-3H3. The number of carbonyl (C=O) groups excluding carboxylic acids is 1. The van der Waals surface area contributed by atoms with Crippen LogP contribution in [0.4, 0.5) is 0 Å². The SMILES string of the molecule is COc1ccc(CCC(=O)N(C)Cc2ccc(Br)s2)cc1OC. The first-order valence-corrected chi connectivity index (χ1v) is 8.83. The van der Waals surface area contributed by atoms with Crippen LogP contribution < -0.4 is 9.47 Å². The van der Waals surface area contributed by atoms with Gasteiger partial charge in [0.15, 0.2) is 11.5 Å². The number of thiophene rings is 1. The number of rotatable bonds is 7. The van der Waals surface area contributed by atoms with Crippen molar-refractivity contribution < 1.29 is 14.3 Å². The number of amides is 1. The predicted octanol–water partition coefficient (Wildman–Crippen LogP) is 4.12. The van der Waals surface area contributed by atoms with E-state index >= 15 is 0 Å². The Kier molecular flexibility index (Phi) is 6.47. The number of benzene rings is 1. The quantitative estimate of drug-likeness (QED) is 0.705. The fourth-order valence-corrected chi connectivity index (χ4v) is 3.77. The van der Waals surface area contributed by atoms with Crippen molar-refractivity contribution in [3.05, 3.63) is 44.6 Å². The molecule has 0 fully saturated rings. The van der Waals surface area contributed by atoms with E-state index in [4.69, 9.17) is 9.47 Å². The Labute approximate surface area is 149 Å². The maximum atomic E-state index is 12.3. The van der Waals surface area contributed by atoms with Crippen LogP contribution >= 0.6 is 27.3 Å². The van der Waals surface area contributed by atoms with Gasteiger partial charge in [-0.15, -0.1) is 11.3 Å². The molecule has 1 amide bonds. The number of halogens is 1. The fraction of sp³-hybridized carbons (Fsp3) is 0.353. The second kappa shape index (κ2) is 8.36. The zero-order valence-electron chi connectivity index (χ0n) is 13.5. The maximum Gasteiger partial charge on any atom is 0.222 e. The number of hydrogen-bond donors (Lipinski definition) is 0. The molecule has 0 radical (unpaired) electrons. The summed E-state index contributed by atoms with van der Waals surface area (Å²) in [5, 5.41) is 0. The van der Waals surface area contributed by atoms with Crippen LogP contribution in [-0.2, 0) is 17.8 Å². The Hall–Kier alpha value is -1.53. The molecule has 0 spiro atoms. The minimum absolute atomic E-state index is 0.129. The summed E-state index contributed by atoms with van der Waals surface area (Å²) in [6.07, 6.45) is 1.15. The van der Waals surface area contributed by atoms with Gasteiger partial charge in [0.25, 0.3) is 0 Å². The molecule has 0 bridgehead atoms. The lowest BCUT2D eigenvalue weighted by molar-refractivity contribution is -0.130. The molecule has 2 rings (SSSR count). The Bertz CT molecular complexity index is 672. The topological polar surface area (TPSA) is 38.8 Å². The second-order valence-corrected chi connectivity index (χ2v) is 7.69. The van der Waals surface area contributed by atoms with Gasteiger partial charge in [0.2, 0.25) is 5.91 Å². The number of methoxy groups -OCH3 is 2. The van der Waals surface area contributed by atoms with Crippen LogP contribution in [0.3, 0.4) is 0 Å². The smallest absolute Gasteiger partial charge is 0.222 e. The molecular formula is C17H20BrNO3S. The van der Waals surface area contributed by atoms with Gasteiger partial charge in [-0.05, 0) is 52.2 Å². The van der Waals surface area contributed by atoms with Crippen molar-refractivity contribution in [3.63, 3.8) is 0 Å². The summed E-state index contributed by atoms with van der Waals surface area (Å²) in [6, 6.07) is 9.79. The highest BCUT2D eigenvalue weighted by Gasteiger charge is 2.12. The molecule has 1 aromatic carbocycles. The lowest BCUT2D eigenvalue weighted by Gasteiger charge is -2.16. The molecule has 0 saturated carbocycles. The summed E-state index contributed by atoms with van der Waals surface area (Å²) >= 11 is 5.09. The molecule has 1 aromatic heterocycles. The van der Waals surface area contributed by atoms with Crippen LogP contribution in [0, 0.1) is 0 Å². The number of aryl methyl sites for hydroxylation is 1. The molecule has 0 aliphatic carbocycles. The molecular weight excluding hydrogens is 378 g/mol. The maximum absolute atomic E-state index is 12.3. The van der Waals surface area contributed by atoms with Gasteiger partial charge in [-0.1, -0.05) is 6.07 Å². The molecule has 0 aliphatic rings. The van der Waals surface area contributed by atoms with Crippen molar-refractivity contribution in [3.8, 4) is 11.5 Å². The predicted molar refractivity (Wildman–Crippen MR) is 96.4 cm³/mol. The third-order valence-electron chi connectivity index (χ3n) is 3.52. The van der Waals surface area contributed by atoms with Gasteiger partial charge >= 0.3 is 0 Å². The molecule has 6 heteroatoms. The monoisotopic (exact) mass is 397 g/mol. The van der Waals surface area contributed by atoms with Gasteiger partial charge in [-0.3, -0.25) is 4.79 Å². The molecule has 2 aromatic rings. The first-order chi connectivity index (χ1) is 11.0. The van der Waals surface area contributed by atoms with Crippen LogP contribution in [0.25, 0.3) is 0 Å². The normalized spacial score (nSPS) is 10.4. The van der Waals surface area contributed by atoms with Gasteiger partial charge < -0.3 is 14.4 Å². The molecule has 0 N–H and O–H groups in total. The molecule has 0 aliphatic heterocycles. The highest BCUT2D eigenvalue weighted by molar-refractivity contribution is 9.11. The highest BCUT2D eigenvalue weighted by Crippen LogP contribution is 2.28. The lowest BCUT2D eigenvalue weighted by Crippen LogP contribution is -2.25. The van der Waals surface area contributed by atoms with Crippen molar-refractivity contribution in [1.82, 2.24) is 4.90 Å². The van der Waals surface area contributed by atoms with Crippen LogP contribution in [0.2, 0.25) is 0 Å². The Balaban J connectivity index is 1.90. The van der Waals surface area contributed by atoms with Crippen LogP contribution in [0.1, 0.15) is 16.9 Å². The Morgan fingerprint density at radius 3 is 2.52 bits per heavy atom. The largest absolute Gasteiger partial charge is 0.493 e. The first kappa shape index (κ1) is 17.8. The zero-order valence-corrected chi connectivity index (χ0v) is 15.9. The van der Waals surface area contributed by atoms with Gasteiger partial charge in [0, 0.05) is 18.3 Å². The third-order valence-corrected chi connectivity index (χ3v) is 5.13. The molecule has 23 heavy (non-hydrogen) atoms. The van der Waals surface area contributed by atoms with Gasteiger partial charge in [-0.25, -0.2) is 0 Å². The average molecular weight is 398 g/mol. The second-order valence-electron chi connectivity index (χ2n) is 5.14. The third kappa shape index (κ3) is 4.97. The van der Waals surface area contributed by atoms with E-state index in [0.29, 0.717) is 30.9 Å². The Morgan fingerprint density at radius 1 is 1.17 bits per heavy atom. The zero-order chi connectivity index (χ0) is 16.8. The van der Waals surface area contributed by atoms with Gasteiger partial charge in [0.1, 0.15) is 0 Å². The van der Waals surface area contributed by atoms with E-state index in [2.05, 4.69) is 15.9 Å². The van der Waals surface area contributed by atoms with E-state index in [1.165, 1.54) is 4.88 Å². The molecule has 4 nitrogen and oxygen atoms in total. The van der Waals surface area contributed by atoms with Crippen molar-refractivity contribution in [2.75, 3.05) is 21.3 Å². The summed E-state index contributed by atoms with van der Waals surface area (Å²) in [7, 11) is 5.06. The molecule has 124 valence electrons. The van der Waals surface area contributed by atoms with Crippen molar-refractivity contribution in [1.29, 1.82) is 0 Å². The summed E-state index contributed by atoms with van der Waals surface area (Å²) in [5.74, 6) is 1.52. The van der Waals surface area contributed by atoms with Crippen LogP contribution in [0.15, 0.2) is 34.1 Å². The van der Waals surface area contributed by atoms with Crippen molar-refractivity contribution >= 4 is 33.2 Å². The van der Waals surface area contributed by atoms with Gasteiger partial charge in [-0.2, -0.15) is 0 Å². The summed E-state index contributed by atoms with van der Waals surface area (Å²) in [6.45, 7) is 0.640. The summed E-state index contributed by atoms with van der Waals surface area (Å²) in [4.78, 5) is 15.2. The molecule has 1 heterocycles. The van der Waals surface area contributed by atoms with E-state index in [1.54, 1.807) is 30.5 Å². The van der Waals surface area contributed by atoms with Crippen LogP contribution in [-0.4, -0.2) is 32.1 Å². The van der Waals surface area contributed by atoms with Crippen LogP contribution in [0.5, 0.6) is 11.5 Å². The fourth-order valence-electron chi connectivity index (χ4n) is 2.24. The minimum atomic E-state index is 0.129. The van der Waals surface area contributed by atoms with E-state index in [0.717, 1.165) is 9.35 Å². The first-order valence-electron chi connectivity index (χ1n) is 7.22. The molecule has 0 atom stereocenters. The summed E-state index contributed by atoms with van der Waals surface area (Å²) in [5.41, 5.74) is 1.06. The number of hydrogen-bond acceptors (Lipinski definition) is 4. The summed E-state index contributed by atoms with van der Waals surface area (Å²) < 4.78 is 11.6. The van der Waals surface area contributed by atoms with E-state index in [9.17, 15) is 4.79 Å². The van der Waals surface area contributed by atoms with E-state index < -0.39 is 0 Å².